The van der Waals surface area contributed by atoms with Gasteiger partial charge in [0.2, 0.25) is 0 Å². The van der Waals surface area contributed by atoms with E-state index in [4.69, 9.17) is 5.73 Å². The molecule has 0 aromatic heterocycles. The van der Waals surface area contributed by atoms with E-state index in [1.165, 1.54) is 29.3 Å². The minimum Gasteiger partial charge on any atom is -0.327 e. The smallest absolute Gasteiger partial charge is 0.0242 e. The first-order valence-corrected chi connectivity index (χ1v) is 8.34. The summed E-state index contributed by atoms with van der Waals surface area (Å²) < 4.78 is 1.19. The Hall–Kier alpha value is -0.380. The zero-order valence-electron chi connectivity index (χ0n) is 12.9. The highest BCUT2D eigenvalue weighted by Gasteiger charge is 2.33. The van der Waals surface area contributed by atoms with E-state index in [1.807, 2.05) is 0 Å². The number of nitrogens with zero attached hydrogens (tertiary/aromatic N) is 1. The van der Waals surface area contributed by atoms with Gasteiger partial charge in [-0.15, -0.1) is 0 Å². The Morgan fingerprint density at radius 2 is 2.05 bits per heavy atom. The summed E-state index contributed by atoms with van der Waals surface area (Å²) in [4.78, 5) is 2.41. The summed E-state index contributed by atoms with van der Waals surface area (Å²) in [5.74, 6) is 0.617. The van der Waals surface area contributed by atoms with Crippen molar-refractivity contribution in [3.63, 3.8) is 0 Å². The molecular weight excluding hydrogens is 312 g/mol. The third-order valence-electron chi connectivity index (χ3n) is 4.52. The van der Waals surface area contributed by atoms with Crippen LogP contribution in [-0.2, 0) is 6.54 Å². The van der Waals surface area contributed by atoms with Crippen LogP contribution in [0.2, 0.25) is 0 Å². The van der Waals surface area contributed by atoms with Gasteiger partial charge in [-0.2, -0.15) is 0 Å². The van der Waals surface area contributed by atoms with Crippen molar-refractivity contribution >= 4 is 15.9 Å². The molecule has 0 radical (unpaired) electrons. The minimum atomic E-state index is 0.365. The van der Waals surface area contributed by atoms with E-state index in [1.54, 1.807) is 0 Å². The normalized spacial score (nSPS) is 25.9. The lowest BCUT2D eigenvalue weighted by Crippen LogP contribution is -2.44. The van der Waals surface area contributed by atoms with Crippen molar-refractivity contribution < 1.29 is 0 Å². The molecule has 0 aliphatic heterocycles. The molecule has 1 fully saturated rings. The second kappa shape index (κ2) is 6.59. The van der Waals surface area contributed by atoms with Gasteiger partial charge in [-0.1, -0.05) is 48.0 Å². The molecule has 2 nitrogen and oxygen atoms in total. The molecule has 1 aliphatic rings. The summed E-state index contributed by atoms with van der Waals surface area (Å²) in [5.41, 5.74) is 8.13. The summed E-state index contributed by atoms with van der Waals surface area (Å²) in [6.45, 7) is 6.82. The molecule has 1 aliphatic carbocycles. The molecule has 1 aromatic rings. The first-order valence-electron chi connectivity index (χ1n) is 7.55. The monoisotopic (exact) mass is 338 g/mol. The minimum absolute atomic E-state index is 0.365. The topological polar surface area (TPSA) is 29.3 Å². The number of hydrogen-bond acceptors (Lipinski definition) is 2. The quantitative estimate of drug-likeness (QED) is 0.897. The second-order valence-corrected chi connectivity index (χ2v) is 7.97. The summed E-state index contributed by atoms with van der Waals surface area (Å²) >= 11 is 3.63. The van der Waals surface area contributed by atoms with Gasteiger partial charge >= 0.3 is 0 Å². The highest BCUT2D eigenvalue weighted by molar-refractivity contribution is 9.10. The number of hydrogen-bond donors (Lipinski definition) is 1. The molecule has 0 spiro atoms. The molecular formula is C17H27BrN2. The van der Waals surface area contributed by atoms with E-state index < -0.39 is 0 Å². The summed E-state index contributed by atoms with van der Waals surface area (Å²) in [5, 5.41) is 0. The number of nitrogens with two attached hydrogens (primary N) is 1. The molecule has 0 saturated heterocycles. The van der Waals surface area contributed by atoms with Gasteiger partial charge in [0.25, 0.3) is 0 Å². The SMILES string of the molecule is CN(Cc1ccccc1Br)CC1CC(C)(C)CCC1N. The Kier molecular flexibility index (Phi) is 5.27. The van der Waals surface area contributed by atoms with E-state index in [9.17, 15) is 0 Å². The van der Waals surface area contributed by atoms with Crippen molar-refractivity contribution in [2.75, 3.05) is 13.6 Å². The Bertz CT molecular complexity index is 444. The van der Waals surface area contributed by atoms with Crippen LogP contribution in [-0.4, -0.2) is 24.5 Å². The molecule has 3 heteroatoms. The van der Waals surface area contributed by atoms with Gasteiger partial charge in [-0.3, -0.25) is 0 Å². The average Bonchev–Trinajstić information content (AvgIpc) is 2.36. The van der Waals surface area contributed by atoms with E-state index in [2.05, 4.69) is 66.0 Å². The van der Waals surface area contributed by atoms with Gasteiger partial charge in [-0.25, -0.2) is 0 Å². The zero-order valence-corrected chi connectivity index (χ0v) is 14.5. The lowest BCUT2D eigenvalue weighted by atomic mass is 9.70. The van der Waals surface area contributed by atoms with Crippen molar-refractivity contribution in [3.05, 3.63) is 34.3 Å². The maximum atomic E-state index is 6.34. The van der Waals surface area contributed by atoms with Gasteiger partial charge in [0.05, 0.1) is 0 Å². The second-order valence-electron chi connectivity index (χ2n) is 7.12. The predicted octanol–water partition coefficient (Wildman–Crippen LogP) is 4.03. The van der Waals surface area contributed by atoms with Crippen LogP contribution < -0.4 is 5.73 Å². The number of rotatable bonds is 4. The van der Waals surface area contributed by atoms with Crippen LogP contribution in [0, 0.1) is 11.3 Å². The highest BCUT2D eigenvalue weighted by atomic mass is 79.9. The molecule has 1 aromatic carbocycles. The van der Waals surface area contributed by atoms with Gasteiger partial charge < -0.3 is 10.6 Å². The van der Waals surface area contributed by atoms with E-state index in [-0.39, 0.29) is 0 Å². The predicted molar refractivity (Wildman–Crippen MR) is 89.6 cm³/mol. The van der Waals surface area contributed by atoms with Crippen molar-refractivity contribution in [2.24, 2.45) is 17.1 Å². The van der Waals surface area contributed by atoms with E-state index >= 15 is 0 Å². The van der Waals surface area contributed by atoms with Crippen LogP contribution in [0.1, 0.15) is 38.7 Å². The Morgan fingerprint density at radius 1 is 1.35 bits per heavy atom. The zero-order chi connectivity index (χ0) is 14.8. The van der Waals surface area contributed by atoms with Gasteiger partial charge in [-0.05, 0) is 49.3 Å². The fraction of sp³-hybridized carbons (Fsp3) is 0.647. The lowest BCUT2D eigenvalue weighted by molar-refractivity contribution is 0.122. The van der Waals surface area contributed by atoms with Crippen molar-refractivity contribution in [3.8, 4) is 0 Å². The van der Waals surface area contributed by atoms with E-state index in [0.717, 1.165) is 13.1 Å². The standard InChI is InChI=1S/C17H27BrN2/c1-17(2)9-8-16(19)14(10-17)12-20(3)11-13-6-4-5-7-15(13)18/h4-7,14,16H,8-12,19H2,1-3H3. The first kappa shape index (κ1) is 16.0. The van der Waals surface area contributed by atoms with Crippen LogP contribution in [0.25, 0.3) is 0 Å². The van der Waals surface area contributed by atoms with E-state index in [0.29, 0.717) is 17.4 Å². The number of benzene rings is 1. The van der Waals surface area contributed by atoms with Gasteiger partial charge in [0.1, 0.15) is 0 Å². The number of halogens is 1. The molecule has 2 N–H and O–H groups in total. The van der Waals surface area contributed by atoms with Crippen molar-refractivity contribution in [1.29, 1.82) is 0 Å². The third kappa shape index (κ3) is 4.31. The molecule has 20 heavy (non-hydrogen) atoms. The van der Waals surface area contributed by atoms with Crippen LogP contribution in [0.3, 0.4) is 0 Å². The fourth-order valence-corrected chi connectivity index (χ4v) is 3.75. The Labute approximate surface area is 131 Å². The molecule has 0 amide bonds. The summed E-state index contributed by atoms with van der Waals surface area (Å²) in [7, 11) is 2.20. The van der Waals surface area contributed by atoms with Crippen LogP contribution in [0.5, 0.6) is 0 Å². The molecule has 112 valence electrons. The molecule has 0 heterocycles. The maximum Gasteiger partial charge on any atom is 0.0242 e. The van der Waals surface area contributed by atoms with Gasteiger partial charge in [0, 0.05) is 23.6 Å². The average molecular weight is 339 g/mol. The summed E-state index contributed by atoms with van der Waals surface area (Å²) in [6.07, 6.45) is 3.67. The lowest BCUT2D eigenvalue weighted by Gasteiger charge is -2.40. The third-order valence-corrected chi connectivity index (χ3v) is 5.29. The molecule has 2 atom stereocenters. The van der Waals surface area contributed by atoms with Crippen LogP contribution >= 0.6 is 15.9 Å². The van der Waals surface area contributed by atoms with Crippen LogP contribution in [0.15, 0.2) is 28.7 Å². The van der Waals surface area contributed by atoms with Crippen LogP contribution in [0.4, 0.5) is 0 Å². The maximum absolute atomic E-state index is 6.34. The molecule has 2 unspecified atom stereocenters. The molecule has 0 bridgehead atoms. The molecule has 2 rings (SSSR count). The molecule has 1 saturated carbocycles. The van der Waals surface area contributed by atoms with Gasteiger partial charge in [0.15, 0.2) is 0 Å². The summed E-state index contributed by atoms with van der Waals surface area (Å²) in [6, 6.07) is 8.82. The first-order chi connectivity index (χ1) is 9.37. The highest BCUT2D eigenvalue weighted by Crippen LogP contribution is 2.38. The Balaban J connectivity index is 1.94. The van der Waals surface area contributed by atoms with Crippen molar-refractivity contribution in [2.45, 2.75) is 45.7 Å². The van der Waals surface area contributed by atoms with Crippen molar-refractivity contribution in [1.82, 2.24) is 4.90 Å². The Morgan fingerprint density at radius 3 is 2.75 bits per heavy atom. The largest absolute Gasteiger partial charge is 0.327 e. The fourth-order valence-electron chi connectivity index (χ4n) is 3.34.